The first-order valence-corrected chi connectivity index (χ1v) is 8.56. The summed E-state index contributed by atoms with van der Waals surface area (Å²) in [7, 11) is 1.94. The number of hydrogen-bond donors (Lipinski definition) is 1. The molecular formula is C22H21N3O. The maximum absolute atomic E-state index is 12.5. The summed E-state index contributed by atoms with van der Waals surface area (Å²) in [6.07, 6.45) is 0. The van der Waals surface area contributed by atoms with Gasteiger partial charge in [0.1, 0.15) is 0 Å². The number of hydrogen-bond acceptors (Lipinski definition) is 3. The van der Waals surface area contributed by atoms with Crippen molar-refractivity contribution in [3.8, 4) is 6.07 Å². The van der Waals surface area contributed by atoms with E-state index in [1.165, 1.54) is 10.8 Å². The minimum Gasteiger partial charge on any atom is -0.325 e. The van der Waals surface area contributed by atoms with Gasteiger partial charge in [0.25, 0.3) is 0 Å². The van der Waals surface area contributed by atoms with E-state index >= 15 is 0 Å². The third-order valence-electron chi connectivity index (χ3n) is 4.55. The summed E-state index contributed by atoms with van der Waals surface area (Å²) in [6, 6.07) is 23.3. The fourth-order valence-corrected chi connectivity index (χ4v) is 2.88. The molecule has 0 aromatic heterocycles. The number of likely N-dealkylation sites (N-methyl/N-ethyl adjacent to an activating group) is 1. The van der Waals surface area contributed by atoms with Gasteiger partial charge in [-0.2, -0.15) is 5.26 Å². The molecule has 0 spiro atoms. The van der Waals surface area contributed by atoms with Gasteiger partial charge in [-0.3, -0.25) is 9.69 Å². The molecule has 0 fully saturated rings. The van der Waals surface area contributed by atoms with Crippen LogP contribution < -0.4 is 5.32 Å². The zero-order valence-electron chi connectivity index (χ0n) is 14.9. The molecule has 3 aromatic carbocycles. The molecule has 0 unspecified atom stereocenters. The Morgan fingerprint density at radius 3 is 2.62 bits per heavy atom. The van der Waals surface area contributed by atoms with Crippen LogP contribution in [-0.2, 0) is 11.3 Å². The second-order valence-electron chi connectivity index (χ2n) is 6.45. The second kappa shape index (κ2) is 7.81. The highest BCUT2D eigenvalue weighted by Crippen LogP contribution is 2.17. The van der Waals surface area contributed by atoms with E-state index in [9.17, 15) is 4.79 Å². The third kappa shape index (κ3) is 4.08. The van der Waals surface area contributed by atoms with Gasteiger partial charge in [0.05, 0.1) is 17.7 Å². The molecule has 3 aromatic rings. The molecule has 0 saturated heterocycles. The summed E-state index contributed by atoms with van der Waals surface area (Å²) in [4.78, 5) is 14.5. The van der Waals surface area contributed by atoms with Gasteiger partial charge in [0.2, 0.25) is 5.91 Å². The molecule has 0 bridgehead atoms. The van der Waals surface area contributed by atoms with Crippen LogP contribution in [0.1, 0.15) is 18.1 Å². The lowest BCUT2D eigenvalue weighted by Crippen LogP contribution is -2.39. The van der Waals surface area contributed by atoms with E-state index < -0.39 is 0 Å². The fourth-order valence-electron chi connectivity index (χ4n) is 2.88. The van der Waals surface area contributed by atoms with Crippen molar-refractivity contribution in [2.45, 2.75) is 19.5 Å². The van der Waals surface area contributed by atoms with Crippen molar-refractivity contribution in [2.75, 3.05) is 12.4 Å². The van der Waals surface area contributed by atoms with Crippen molar-refractivity contribution in [1.82, 2.24) is 4.90 Å². The molecule has 1 amide bonds. The predicted molar refractivity (Wildman–Crippen MR) is 105 cm³/mol. The van der Waals surface area contributed by atoms with Crippen LogP contribution in [0.15, 0.2) is 66.7 Å². The number of rotatable bonds is 5. The number of nitrogens with one attached hydrogen (secondary N) is 1. The van der Waals surface area contributed by atoms with Gasteiger partial charge in [0, 0.05) is 12.2 Å². The van der Waals surface area contributed by atoms with E-state index in [4.69, 9.17) is 5.26 Å². The largest absolute Gasteiger partial charge is 0.325 e. The number of anilines is 1. The topological polar surface area (TPSA) is 56.1 Å². The van der Waals surface area contributed by atoms with E-state index in [2.05, 4.69) is 41.7 Å². The lowest BCUT2D eigenvalue weighted by molar-refractivity contribution is -0.120. The molecule has 3 rings (SSSR count). The molecule has 4 nitrogen and oxygen atoms in total. The van der Waals surface area contributed by atoms with Crippen molar-refractivity contribution in [3.05, 3.63) is 77.9 Å². The van der Waals surface area contributed by atoms with Gasteiger partial charge in [-0.15, -0.1) is 0 Å². The van der Waals surface area contributed by atoms with Crippen LogP contribution in [-0.4, -0.2) is 23.9 Å². The molecular weight excluding hydrogens is 322 g/mol. The van der Waals surface area contributed by atoms with Crippen LogP contribution >= 0.6 is 0 Å². The fraction of sp³-hybridized carbons (Fsp3) is 0.182. The van der Waals surface area contributed by atoms with Crippen LogP contribution in [0.4, 0.5) is 5.69 Å². The molecule has 1 atom stereocenters. The maximum atomic E-state index is 12.5. The zero-order chi connectivity index (χ0) is 18.5. The van der Waals surface area contributed by atoms with Crippen molar-refractivity contribution in [1.29, 1.82) is 5.26 Å². The number of amides is 1. The molecule has 0 saturated carbocycles. The summed E-state index contributed by atoms with van der Waals surface area (Å²) in [5.74, 6) is -0.0941. The Balaban J connectivity index is 1.66. The van der Waals surface area contributed by atoms with Crippen LogP contribution in [0.25, 0.3) is 10.8 Å². The maximum Gasteiger partial charge on any atom is 0.241 e. The Labute approximate surface area is 153 Å². The average molecular weight is 343 g/mol. The van der Waals surface area contributed by atoms with Gasteiger partial charge < -0.3 is 5.32 Å². The summed E-state index contributed by atoms with van der Waals surface area (Å²) in [5.41, 5.74) is 2.33. The molecule has 26 heavy (non-hydrogen) atoms. The molecule has 0 aliphatic carbocycles. The molecule has 0 radical (unpaired) electrons. The smallest absolute Gasteiger partial charge is 0.241 e. The first kappa shape index (κ1) is 17.7. The highest BCUT2D eigenvalue weighted by Gasteiger charge is 2.18. The lowest BCUT2D eigenvalue weighted by atomic mass is 10.1. The SMILES string of the molecule is C[C@H](C(=O)Nc1cccc(C#N)c1)N(C)Cc1ccc2ccccc2c1. The van der Waals surface area contributed by atoms with Crippen molar-refractivity contribution in [3.63, 3.8) is 0 Å². The average Bonchev–Trinajstić information content (AvgIpc) is 2.67. The first-order chi connectivity index (χ1) is 12.6. The van der Waals surface area contributed by atoms with E-state index in [0.29, 0.717) is 17.8 Å². The van der Waals surface area contributed by atoms with Gasteiger partial charge >= 0.3 is 0 Å². The standard InChI is InChI=1S/C22H21N3O/c1-16(22(26)24-21-9-5-6-17(13-21)14-23)25(2)15-18-10-11-19-7-3-4-8-20(19)12-18/h3-13,16H,15H2,1-2H3,(H,24,26)/t16-/m1/s1. The number of nitriles is 1. The Morgan fingerprint density at radius 1 is 1.08 bits per heavy atom. The Morgan fingerprint density at radius 2 is 1.85 bits per heavy atom. The number of nitrogens with zero attached hydrogens (tertiary/aromatic N) is 2. The normalized spacial score (nSPS) is 11.9. The Bertz CT molecular complexity index is 974. The number of fused-ring (bicyclic) bond motifs is 1. The third-order valence-corrected chi connectivity index (χ3v) is 4.55. The summed E-state index contributed by atoms with van der Waals surface area (Å²) >= 11 is 0. The van der Waals surface area contributed by atoms with Gasteiger partial charge in [-0.05, 0) is 54.6 Å². The summed E-state index contributed by atoms with van der Waals surface area (Å²) < 4.78 is 0. The second-order valence-corrected chi connectivity index (χ2v) is 6.45. The minimum absolute atomic E-state index is 0.0941. The summed E-state index contributed by atoms with van der Waals surface area (Å²) in [5, 5.41) is 14.3. The number of benzene rings is 3. The first-order valence-electron chi connectivity index (χ1n) is 8.56. The highest BCUT2D eigenvalue weighted by atomic mass is 16.2. The molecule has 1 N–H and O–H groups in total. The van der Waals surface area contributed by atoms with Gasteiger partial charge in [-0.25, -0.2) is 0 Å². The monoisotopic (exact) mass is 343 g/mol. The number of carbonyl (C=O) groups is 1. The molecule has 0 aliphatic heterocycles. The van der Waals surface area contributed by atoms with E-state index in [0.717, 1.165) is 5.56 Å². The lowest BCUT2D eigenvalue weighted by Gasteiger charge is -2.24. The highest BCUT2D eigenvalue weighted by molar-refractivity contribution is 5.94. The summed E-state index contributed by atoms with van der Waals surface area (Å²) in [6.45, 7) is 2.56. The van der Waals surface area contributed by atoms with Crippen LogP contribution in [0.2, 0.25) is 0 Å². The predicted octanol–water partition coefficient (Wildman–Crippen LogP) is 4.17. The zero-order valence-corrected chi connectivity index (χ0v) is 14.9. The van der Waals surface area contributed by atoms with Gasteiger partial charge in [0.15, 0.2) is 0 Å². The van der Waals surface area contributed by atoms with E-state index in [1.807, 2.05) is 31.0 Å². The molecule has 130 valence electrons. The minimum atomic E-state index is -0.299. The van der Waals surface area contributed by atoms with Crippen LogP contribution in [0.5, 0.6) is 0 Å². The van der Waals surface area contributed by atoms with E-state index in [1.54, 1.807) is 24.3 Å². The van der Waals surface area contributed by atoms with E-state index in [-0.39, 0.29) is 11.9 Å². The Hall–Kier alpha value is -3.16. The molecule has 0 aliphatic rings. The van der Waals surface area contributed by atoms with Crippen LogP contribution in [0, 0.1) is 11.3 Å². The van der Waals surface area contributed by atoms with Crippen molar-refractivity contribution in [2.24, 2.45) is 0 Å². The quantitative estimate of drug-likeness (QED) is 0.756. The van der Waals surface area contributed by atoms with Crippen molar-refractivity contribution >= 4 is 22.4 Å². The van der Waals surface area contributed by atoms with Crippen molar-refractivity contribution < 1.29 is 4.79 Å². The Kier molecular flexibility index (Phi) is 5.31. The molecule has 4 heteroatoms. The van der Waals surface area contributed by atoms with Crippen LogP contribution in [0.3, 0.4) is 0 Å². The number of carbonyl (C=O) groups excluding carboxylic acids is 1. The van der Waals surface area contributed by atoms with Gasteiger partial charge in [-0.1, -0.05) is 42.5 Å². The molecule has 0 heterocycles.